The van der Waals surface area contributed by atoms with Crippen LogP contribution in [0.2, 0.25) is 0 Å². The maximum Gasteiger partial charge on any atom is 0.0664 e. The largest absolute Gasteiger partial charge is 0.319 e. The van der Waals surface area contributed by atoms with E-state index in [1.54, 1.807) is 6.08 Å². The molecular weight excluding hydrogens is 354 g/mol. The summed E-state index contributed by atoms with van der Waals surface area (Å²) in [6.07, 6.45) is 10.5. The second kappa shape index (κ2) is 20.2. The number of nitrogens with one attached hydrogen (secondary N) is 1. The van der Waals surface area contributed by atoms with Gasteiger partial charge < -0.3 is 5.32 Å². The number of hydrazone groups is 1. The molecule has 0 radical (unpaired) electrons. The number of benzene rings is 1. The SMILES string of the molecule is C/C=C/C=N/N(Cc1ccccc1C)/C(=C/C)CCNC.C=C.C=CCCl. The Hall–Kier alpha value is -2.10. The molecule has 1 aromatic rings. The van der Waals surface area contributed by atoms with Gasteiger partial charge in [-0.05, 0) is 45.0 Å². The fraction of sp³-hybridized carbons (Fsp3) is 0.348. The van der Waals surface area contributed by atoms with E-state index in [0.717, 1.165) is 19.5 Å². The van der Waals surface area contributed by atoms with Crippen molar-refractivity contribution in [3.63, 3.8) is 0 Å². The molecule has 0 aromatic heterocycles. The van der Waals surface area contributed by atoms with E-state index >= 15 is 0 Å². The van der Waals surface area contributed by atoms with Gasteiger partial charge >= 0.3 is 0 Å². The summed E-state index contributed by atoms with van der Waals surface area (Å²) in [6.45, 7) is 17.3. The predicted octanol–water partition coefficient (Wildman–Crippen LogP) is 6.09. The number of alkyl halides is 1. The fourth-order valence-corrected chi connectivity index (χ4v) is 2.05. The van der Waals surface area contributed by atoms with Crippen molar-refractivity contribution in [2.24, 2.45) is 5.10 Å². The van der Waals surface area contributed by atoms with Crippen LogP contribution in [0.25, 0.3) is 0 Å². The molecule has 0 amide bonds. The van der Waals surface area contributed by atoms with Crippen molar-refractivity contribution in [1.29, 1.82) is 0 Å². The van der Waals surface area contributed by atoms with E-state index in [2.05, 4.69) is 79.4 Å². The van der Waals surface area contributed by atoms with Crippen molar-refractivity contribution in [3.8, 4) is 0 Å². The lowest BCUT2D eigenvalue weighted by Gasteiger charge is -2.23. The highest BCUT2D eigenvalue weighted by Gasteiger charge is 2.09. The average Bonchev–Trinajstić information content (AvgIpc) is 2.71. The first-order chi connectivity index (χ1) is 13.1. The minimum Gasteiger partial charge on any atom is -0.319 e. The highest BCUT2D eigenvalue weighted by Crippen LogP contribution is 2.17. The van der Waals surface area contributed by atoms with E-state index in [0.29, 0.717) is 5.88 Å². The number of aryl methyl sites for hydroxylation is 1. The lowest BCUT2D eigenvalue weighted by Crippen LogP contribution is -2.20. The van der Waals surface area contributed by atoms with E-state index in [9.17, 15) is 0 Å². The summed E-state index contributed by atoms with van der Waals surface area (Å²) < 4.78 is 0. The summed E-state index contributed by atoms with van der Waals surface area (Å²) >= 11 is 5.07. The third kappa shape index (κ3) is 13.7. The van der Waals surface area contributed by atoms with Crippen LogP contribution in [0.15, 0.2) is 79.1 Å². The Morgan fingerprint density at radius 2 is 1.89 bits per heavy atom. The van der Waals surface area contributed by atoms with E-state index in [4.69, 9.17) is 11.6 Å². The zero-order valence-corrected chi connectivity index (χ0v) is 18.2. The van der Waals surface area contributed by atoms with Crippen molar-refractivity contribution in [3.05, 3.63) is 85.1 Å². The molecule has 1 rings (SSSR count). The monoisotopic (exact) mass is 389 g/mol. The lowest BCUT2D eigenvalue weighted by atomic mass is 10.1. The Balaban J connectivity index is 0. The molecule has 1 N–H and O–H groups in total. The second-order valence-electron chi connectivity index (χ2n) is 5.35. The molecule has 0 aliphatic heterocycles. The predicted molar refractivity (Wildman–Crippen MR) is 124 cm³/mol. The van der Waals surface area contributed by atoms with Crippen molar-refractivity contribution >= 4 is 17.8 Å². The first-order valence-corrected chi connectivity index (χ1v) is 9.61. The molecule has 0 atom stereocenters. The average molecular weight is 390 g/mol. The highest BCUT2D eigenvalue weighted by atomic mass is 35.5. The van der Waals surface area contributed by atoms with Crippen LogP contribution < -0.4 is 5.32 Å². The van der Waals surface area contributed by atoms with E-state index in [-0.39, 0.29) is 0 Å². The van der Waals surface area contributed by atoms with Gasteiger partial charge in [0.15, 0.2) is 0 Å². The van der Waals surface area contributed by atoms with Gasteiger partial charge in [-0.2, -0.15) is 5.10 Å². The van der Waals surface area contributed by atoms with Gasteiger partial charge in [-0.25, -0.2) is 0 Å². The molecule has 27 heavy (non-hydrogen) atoms. The molecule has 150 valence electrons. The molecule has 3 nitrogen and oxygen atoms in total. The van der Waals surface area contributed by atoms with Gasteiger partial charge in [-0.1, -0.05) is 42.5 Å². The quantitative estimate of drug-likeness (QED) is 0.239. The highest BCUT2D eigenvalue weighted by molar-refractivity contribution is 6.18. The molecule has 0 spiro atoms. The summed E-state index contributed by atoms with van der Waals surface area (Å²) in [4.78, 5) is 0. The van der Waals surface area contributed by atoms with Crippen LogP contribution in [0.3, 0.4) is 0 Å². The standard InChI is InChI=1S/C18H27N3.C3H5Cl.C2H4/c1-5-7-13-20-21(18(6-2)12-14-19-4)15-17-11-9-8-10-16(17)3;1-2-3-4;1-2/h5-11,13,19H,12,14-15H2,1-4H3;2H,1,3H2;1-2H2/b7-5+,18-6+,20-13+;;. The lowest BCUT2D eigenvalue weighted by molar-refractivity contribution is 0.342. The molecule has 1 aromatic carbocycles. The smallest absolute Gasteiger partial charge is 0.0664 e. The van der Waals surface area contributed by atoms with Gasteiger partial charge in [0.1, 0.15) is 0 Å². The second-order valence-corrected chi connectivity index (χ2v) is 5.66. The summed E-state index contributed by atoms with van der Waals surface area (Å²) in [5, 5.41) is 9.88. The van der Waals surface area contributed by atoms with Crippen molar-refractivity contribution in [2.75, 3.05) is 19.5 Å². The van der Waals surface area contributed by atoms with E-state index in [1.165, 1.54) is 16.8 Å². The first kappa shape index (κ1) is 27.1. The van der Waals surface area contributed by atoms with E-state index < -0.39 is 0 Å². The maximum atomic E-state index is 5.07. The minimum absolute atomic E-state index is 0.556. The maximum absolute atomic E-state index is 5.07. The molecule has 0 unspecified atom stereocenters. The van der Waals surface area contributed by atoms with Crippen molar-refractivity contribution in [1.82, 2.24) is 10.3 Å². The minimum atomic E-state index is 0.556. The van der Waals surface area contributed by atoms with Crippen LogP contribution in [0.4, 0.5) is 0 Å². The summed E-state index contributed by atoms with van der Waals surface area (Å²) in [6, 6.07) is 8.47. The van der Waals surface area contributed by atoms with Gasteiger partial charge in [0.2, 0.25) is 0 Å². The van der Waals surface area contributed by atoms with Crippen LogP contribution in [-0.4, -0.2) is 30.7 Å². The summed E-state index contributed by atoms with van der Waals surface area (Å²) in [5.41, 5.74) is 3.83. The van der Waals surface area contributed by atoms with Gasteiger partial charge in [-0.3, -0.25) is 5.01 Å². The number of hydrogen-bond donors (Lipinski definition) is 1. The van der Waals surface area contributed by atoms with Crippen LogP contribution >= 0.6 is 11.6 Å². The number of rotatable bonds is 9. The molecule has 0 bridgehead atoms. The Morgan fingerprint density at radius 3 is 2.37 bits per heavy atom. The van der Waals surface area contributed by atoms with Gasteiger partial charge in [-0.15, -0.1) is 31.3 Å². The zero-order chi connectivity index (χ0) is 20.9. The topological polar surface area (TPSA) is 27.6 Å². The third-order valence-electron chi connectivity index (χ3n) is 3.47. The third-order valence-corrected chi connectivity index (χ3v) is 3.69. The van der Waals surface area contributed by atoms with Gasteiger partial charge in [0.05, 0.1) is 6.54 Å². The Morgan fingerprint density at radius 1 is 1.26 bits per heavy atom. The van der Waals surface area contributed by atoms with Crippen molar-refractivity contribution < 1.29 is 0 Å². The summed E-state index contributed by atoms with van der Waals surface area (Å²) in [7, 11) is 1.97. The van der Waals surface area contributed by atoms with Gasteiger partial charge in [0.25, 0.3) is 0 Å². The van der Waals surface area contributed by atoms with Crippen molar-refractivity contribution in [2.45, 2.75) is 33.7 Å². The zero-order valence-electron chi connectivity index (χ0n) is 17.4. The number of nitrogens with zero attached hydrogens (tertiary/aromatic N) is 2. The molecule has 0 heterocycles. The molecular formula is C23H36ClN3. The first-order valence-electron chi connectivity index (χ1n) is 9.08. The number of allylic oxidation sites excluding steroid dienone is 4. The van der Waals surface area contributed by atoms with Crippen LogP contribution in [0.1, 0.15) is 31.4 Å². The molecule has 0 aliphatic rings. The molecule has 4 heteroatoms. The molecule has 0 aliphatic carbocycles. The number of halogens is 1. The summed E-state index contributed by atoms with van der Waals surface area (Å²) in [5.74, 6) is 0.556. The fourth-order valence-electron chi connectivity index (χ4n) is 2.05. The van der Waals surface area contributed by atoms with Crippen LogP contribution in [-0.2, 0) is 6.54 Å². The Kier molecular flexibility index (Phi) is 20.3. The molecule has 0 saturated heterocycles. The normalized spacial score (nSPS) is 10.8. The van der Waals surface area contributed by atoms with Crippen LogP contribution in [0, 0.1) is 6.92 Å². The van der Waals surface area contributed by atoms with Crippen LogP contribution in [0.5, 0.6) is 0 Å². The number of hydrogen-bond acceptors (Lipinski definition) is 3. The Labute approximate surface area is 171 Å². The van der Waals surface area contributed by atoms with Gasteiger partial charge in [0, 0.05) is 30.8 Å². The Bertz CT molecular complexity index is 577. The molecule has 0 fully saturated rings. The van der Waals surface area contributed by atoms with E-state index in [1.807, 2.05) is 32.3 Å². The molecule has 0 saturated carbocycles.